The lowest BCUT2D eigenvalue weighted by Crippen LogP contribution is -2.06. The third-order valence-electron chi connectivity index (χ3n) is 2.64. The van der Waals surface area contributed by atoms with E-state index in [1.807, 2.05) is 13.0 Å². The van der Waals surface area contributed by atoms with E-state index in [1.54, 1.807) is 24.4 Å². The summed E-state index contributed by atoms with van der Waals surface area (Å²) in [7, 11) is 0. The number of aromatic nitrogens is 1. The molecule has 3 N–H and O–H groups in total. The number of anilines is 1. The van der Waals surface area contributed by atoms with Crippen LogP contribution in [-0.4, -0.2) is 10.1 Å². The van der Waals surface area contributed by atoms with Crippen molar-refractivity contribution in [3.05, 3.63) is 56.6 Å². The molecule has 0 aliphatic heterocycles. The van der Waals surface area contributed by atoms with Gasteiger partial charge in [0.25, 0.3) is 0 Å². The molecule has 1 heterocycles. The predicted octanol–water partition coefficient (Wildman–Crippen LogP) is 3.47. The lowest BCUT2D eigenvalue weighted by Gasteiger charge is -2.14. The third kappa shape index (κ3) is 2.66. The Morgan fingerprint density at radius 3 is 2.78 bits per heavy atom. The Hall–Kier alpha value is -1.10. The zero-order chi connectivity index (χ0) is 13.3. The van der Waals surface area contributed by atoms with Crippen LogP contribution in [0.15, 0.2) is 34.9 Å². The average molecular weight is 328 g/mol. The summed E-state index contributed by atoms with van der Waals surface area (Å²) >= 11 is 9.25. The molecular formula is C13H12BrClN2O. The molecule has 0 bridgehead atoms. The van der Waals surface area contributed by atoms with Gasteiger partial charge >= 0.3 is 0 Å². The number of aryl methyl sites for hydroxylation is 1. The minimum atomic E-state index is -0.814. The summed E-state index contributed by atoms with van der Waals surface area (Å²) < 4.78 is 0.736. The van der Waals surface area contributed by atoms with E-state index in [0.717, 1.165) is 10.0 Å². The van der Waals surface area contributed by atoms with Gasteiger partial charge in [0.1, 0.15) is 11.9 Å². The number of nitrogen functional groups attached to an aromatic ring is 1. The van der Waals surface area contributed by atoms with Crippen LogP contribution in [0.4, 0.5) is 5.82 Å². The van der Waals surface area contributed by atoms with Gasteiger partial charge in [0.05, 0.1) is 5.02 Å². The highest BCUT2D eigenvalue weighted by Crippen LogP contribution is 2.30. The van der Waals surface area contributed by atoms with E-state index in [9.17, 15) is 5.11 Å². The number of nitrogens with two attached hydrogens (primary N) is 1. The average Bonchev–Trinajstić information content (AvgIpc) is 2.35. The Labute approximate surface area is 119 Å². The van der Waals surface area contributed by atoms with Crippen molar-refractivity contribution in [3.8, 4) is 0 Å². The second-order valence-corrected chi connectivity index (χ2v) is 5.32. The van der Waals surface area contributed by atoms with Gasteiger partial charge in [-0.3, -0.25) is 0 Å². The Morgan fingerprint density at radius 1 is 1.39 bits per heavy atom. The fourth-order valence-corrected chi connectivity index (χ4v) is 2.20. The SMILES string of the molecule is Cc1cnc(N)c(C(O)c2ccc(Cl)c(Br)c2)c1. The number of hydrogen-bond donors (Lipinski definition) is 2. The minimum absolute atomic E-state index is 0.333. The van der Waals surface area contributed by atoms with E-state index >= 15 is 0 Å². The summed E-state index contributed by atoms with van der Waals surface area (Å²) in [5.74, 6) is 0.333. The molecule has 0 spiro atoms. The monoisotopic (exact) mass is 326 g/mol. The van der Waals surface area contributed by atoms with Crippen LogP contribution in [0.2, 0.25) is 5.02 Å². The van der Waals surface area contributed by atoms with Crippen LogP contribution in [0.25, 0.3) is 0 Å². The second-order valence-electron chi connectivity index (χ2n) is 4.06. The van der Waals surface area contributed by atoms with Gasteiger partial charge in [0.2, 0.25) is 0 Å². The summed E-state index contributed by atoms with van der Waals surface area (Å²) in [4.78, 5) is 4.05. The zero-order valence-electron chi connectivity index (χ0n) is 9.69. The standard InChI is InChI=1S/C13H12BrClN2O/c1-7-4-9(13(16)17-6-7)12(18)8-2-3-11(15)10(14)5-8/h2-6,12,18H,1H3,(H2,16,17). The maximum atomic E-state index is 10.3. The molecule has 94 valence electrons. The molecule has 0 aliphatic rings. The van der Waals surface area contributed by atoms with Gasteiger partial charge in [-0.1, -0.05) is 17.7 Å². The van der Waals surface area contributed by atoms with Crippen molar-refractivity contribution >= 4 is 33.3 Å². The van der Waals surface area contributed by atoms with Gasteiger partial charge in [-0.2, -0.15) is 0 Å². The Bertz CT molecular complexity index is 589. The highest BCUT2D eigenvalue weighted by Gasteiger charge is 2.15. The van der Waals surface area contributed by atoms with Crippen LogP contribution in [0.5, 0.6) is 0 Å². The number of halogens is 2. The number of aliphatic hydroxyl groups is 1. The van der Waals surface area contributed by atoms with Crippen LogP contribution >= 0.6 is 27.5 Å². The molecule has 0 fully saturated rings. The highest BCUT2D eigenvalue weighted by atomic mass is 79.9. The van der Waals surface area contributed by atoms with E-state index < -0.39 is 6.10 Å². The Morgan fingerprint density at radius 2 is 2.11 bits per heavy atom. The van der Waals surface area contributed by atoms with Gasteiger partial charge in [-0.25, -0.2) is 4.98 Å². The molecule has 2 rings (SSSR count). The van der Waals surface area contributed by atoms with Crippen molar-refractivity contribution < 1.29 is 5.11 Å². The maximum absolute atomic E-state index is 10.3. The number of benzene rings is 1. The van der Waals surface area contributed by atoms with E-state index in [-0.39, 0.29) is 0 Å². The van der Waals surface area contributed by atoms with Gasteiger partial charge in [-0.15, -0.1) is 0 Å². The van der Waals surface area contributed by atoms with E-state index in [2.05, 4.69) is 20.9 Å². The van der Waals surface area contributed by atoms with E-state index in [4.69, 9.17) is 17.3 Å². The van der Waals surface area contributed by atoms with Crippen molar-refractivity contribution in [1.29, 1.82) is 0 Å². The first kappa shape index (κ1) is 13.3. The number of rotatable bonds is 2. The number of aliphatic hydroxyl groups excluding tert-OH is 1. The lowest BCUT2D eigenvalue weighted by molar-refractivity contribution is 0.220. The lowest BCUT2D eigenvalue weighted by atomic mass is 10.0. The molecule has 3 nitrogen and oxygen atoms in total. The highest BCUT2D eigenvalue weighted by molar-refractivity contribution is 9.10. The molecule has 1 unspecified atom stereocenters. The minimum Gasteiger partial charge on any atom is -0.384 e. The zero-order valence-corrected chi connectivity index (χ0v) is 12.0. The maximum Gasteiger partial charge on any atom is 0.129 e. The fourth-order valence-electron chi connectivity index (χ4n) is 1.68. The summed E-state index contributed by atoms with van der Waals surface area (Å²) in [6, 6.07) is 7.09. The van der Waals surface area contributed by atoms with Crippen molar-refractivity contribution in [3.63, 3.8) is 0 Å². The van der Waals surface area contributed by atoms with Crippen LogP contribution in [0, 0.1) is 6.92 Å². The van der Waals surface area contributed by atoms with Crippen LogP contribution < -0.4 is 5.73 Å². The summed E-state index contributed by atoms with van der Waals surface area (Å²) in [6.45, 7) is 1.90. The molecule has 18 heavy (non-hydrogen) atoms. The molecule has 2 aromatic rings. The van der Waals surface area contributed by atoms with Crippen molar-refractivity contribution in [2.24, 2.45) is 0 Å². The van der Waals surface area contributed by atoms with Crippen LogP contribution in [0.3, 0.4) is 0 Å². The summed E-state index contributed by atoms with van der Waals surface area (Å²) in [5, 5.41) is 10.9. The predicted molar refractivity (Wildman–Crippen MR) is 76.6 cm³/mol. The van der Waals surface area contributed by atoms with E-state index in [0.29, 0.717) is 22.0 Å². The normalized spacial score (nSPS) is 12.4. The molecular weight excluding hydrogens is 316 g/mol. The van der Waals surface area contributed by atoms with Gasteiger partial charge in [-0.05, 0) is 52.2 Å². The first-order chi connectivity index (χ1) is 8.49. The van der Waals surface area contributed by atoms with Crippen molar-refractivity contribution in [2.75, 3.05) is 5.73 Å². The Balaban J connectivity index is 2.44. The first-order valence-electron chi connectivity index (χ1n) is 5.34. The largest absolute Gasteiger partial charge is 0.384 e. The van der Waals surface area contributed by atoms with Gasteiger partial charge in [0.15, 0.2) is 0 Å². The molecule has 5 heteroatoms. The fraction of sp³-hybridized carbons (Fsp3) is 0.154. The molecule has 1 aromatic carbocycles. The number of pyridine rings is 1. The molecule has 0 saturated carbocycles. The number of hydrogen-bond acceptors (Lipinski definition) is 3. The van der Waals surface area contributed by atoms with E-state index in [1.165, 1.54) is 0 Å². The van der Waals surface area contributed by atoms with Crippen molar-refractivity contribution in [1.82, 2.24) is 4.98 Å². The quantitative estimate of drug-likeness (QED) is 0.888. The van der Waals surface area contributed by atoms with Gasteiger partial charge < -0.3 is 10.8 Å². The summed E-state index contributed by atoms with van der Waals surface area (Å²) in [5.41, 5.74) is 8.05. The molecule has 0 amide bonds. The molecule has 0 saturated heterocycles. The third-order valence-corrected chi connectivity index (χ3v) is 3.85. The second kappa shape index (κ2) is 5.26. The summed E-state index contributed by atoms with van der Waals surface area (Å²) in [6.07, 6.45) is 0.856. The van der Waals surface area contributed by atoms with Gasteiger partial charge in [0, 0.05) is 16.2 Å². The molecule has 0 aliphatic carbocycles. The Kier molecular flexibility index (Phi) is 3.90. The van der Waals surface area contributed by atoms with Crippen molar-refractivity contribution in [2.45, 2.75) is 13.0 Å². The number of nitrogens with zero attached hydrogens (tertiary/aromatic N) is 1. The smallest absolute Gasteiger partial charge is 0.129 e. The first-order valence-corrected chi connectivity index (χ1v) is 6.51. The van der Waals surface area contributed by atoms with Crippen LogP contribution in [-0.2, 0) is 0 Å². The van der Waals surface area contributed by atoms with Crippen LogP contribution in [0.1, 0.15) is 22.8 Å². The molecule has 1 aromatic heterocycles. The molecule has 0 radical (unpaired) electrons. The molecule has 1 atom stereocenters. The topological polar surface area (TPSA) is 59.1 Å².